The molecule has 4 aliphatic rings. The molecule has 6 rings (SSSR count). The van der Waals surface area contributed by atoms with E-state index in [4.69, 9.17) is 5.11 Å². The molecule has 2 aromatic carbocycles. The lowest BCUT2D eigenvalue weighted by molar-refractivity contribution is -0.244. The fraction of sp³-hybridized carbons (Fsp3) is 0.520. The normalized spacial score (nSPS) is 38.6. The summed E-state index contributed by atoms with van der Waals surface area (Å²) in [5.74, 6) is 0. The van der Waals surface area contributed by atoms with Crippen molar-refractivity contribution in [1.82, 2.24) is 9.80 Å². The average Bonchev–Trinajstić information content (AvgIpc) is 2.85. The van der Waals surface area contributed by atoms with Crippen LogP contribution in [0.15, 0.2) is 60.7 Å². The van der Waals surface area contributed by atoms with E-state index in [1.54, 1.807) is 0 Å². The Bertz CT molecular complexity index is 884. The van der Waals surface area contributed by atoms with Crippen molar-refractivity contribution >= 4 is 0 Å². The zero-order valence-electron chi connectivity index (χ0n) is 18.4. The number of nitrogens with zero attached hydrogens (tertiary/aromatic N) is 2. The van der Waals surface area contributed by atoms with Crippen LogP contribution in [-0.4, -0.2) is 110 Å². The monoisotopic (exact) mass is 456 g/mol. The zero-order chi connectivity index (χ0) is 23.4. The van der Waals surface area contributed by atoms with Crippen LogP contribution in [0.25, 0.3) is 0 Å². The number of hydrogen-bond acceptors (Lipinski definition) is 8. The van der Waals surface area contributed by atoms with Crippen LogP contribution in [0.3, 0.4) is 0 Å². The average molecular weight is 457 g/mol. The third-order valence-corrected chi connectivity index (χ3v) is 8.02. The quantitative estimate of drug-likeness (QED) is 0.301. The van der Waals surface area contributed by atoms with Crippen LogP contribution in [0.5, 0.6) is 0 Å². The first-order valence-electron chi connectivity index (χ1n) is 11.4. The van der Waals surface area contributed by atoms with Crippen molar-refractivity contribution < 1.29 is 30.6 Å². The Morgan fingerprint density at radius 1 is 0.727 bits per heavy atom. The Hall–Kier alpha value is -1.88. The minimum absolute atomic E-state index is 0.482. The molecule has 6 N–H and O–H groups in total. The van der Waals surface area contributed by atoms with E-state index in [1.807, 2.05) is 60.7 Å². The molecule has 178 valence electrons. The smallest absolute Gasteiger partial charge is 0.111 e. The molecule has 0 aromatic heterocycles. The van der Waals surface area contributed by atoms with Gasteiger partial charge in [-0.15, -0.1) is 0 Å². The summed E-state index contributed by atoms with van der Waals surface area (Å²) in [5.41, 5.74) is 0.878. The Kier molecular flexibility index (Phi) is 5.83. The van der Waals surface area contributed by atoms with Gasteiger partial charge in [0.25, 0.3) is 0 Å². The van der Waals surface area contributed by atoms with Gasteiger partial charge in [-0.25, -0.2) is 0 Å². The molecular weight excluding hydrogens is 424 g/mol. The van der Waals surface area contributed by atoms with Gasteiger partial charge in [0.15, 0.2) is 0 Å². The molecule has 0 radical (unpaired) electrons. The maximum Gasteiger partial charge on any atom is 0.111 e. The van der Waals surface area contributed by atoms with Crippen molar-refractivity contribution in [3.63, 3.8) is 0 Å². The second-order valence-corrected chi connectivity index (χ2v) is 9.89. The number of aliphatic hydroxyl groups is 6. The third kappa shape index (κ3) is 3.37. The van der Waals surface area contributed by atoms with Crippen LogP contribution in [0.2, 0.25) is 0 Å². The highest BCUT2D eigenvalue weighted by Crippen LogP contribution is 2.54. The highest BCUT2D eigenvalue weighted by atomic mass is 16.4. The summed E-state index contributed by atoms with van der Waals surface area (Å²) >= 11 is 0. The lowest BCUT2D eigenvalue weighted by Crippen LogP contribution is -2.85. The maximum atomic E-state index is 11.9. The number of hydrogen-bond donors (Lipinski definition) is 6. The predicted octanol–water partition coefficient (Wildman–Crippen LogP) is -1.37. The van der Waals surface area contributed by atoms with Gasteiger partial charge in [-0.2, -0.15) is 0 Å². The molecule has 0 spiro atoms. The number of piperidine rings is 2. The molecular formula is C25H32N2O6. The molecule has 0 aliphatic carbocycles. The molecule has 4 atom stereocenters. The first-order valence-corrected chi connectivity index (χ1v) is 11.4. The lowest BCUT2D eigenvalue weighted by atomic mass is 9.54. The summed E-state index contributed by atoms with van der Waals surface area (Å²) in [6, 6.07) is 19.8. The number of aliphatic hydroxyl groups excluding tert-OH is 6. The fourth-order valence-corrected chi connectivity index (χ4v) is 6.51. The second-order valence-electron chi connectivity index (χ2n) is 9.89. The van der Waals surface area contributed by atoms with E-state index in [-0.39, 0.29) is 0 Å². The Morgan fingerprint density at radius 3 is 1.55 bits per heavy atom. The number of rotatable bonds is 7. The van der Waals surface area contributed by atoms with Gasteiger partial charge in [0.05, 0.1) is 18.9 Å². The highest BCUT2D eigenvalue weighted by Gasteiger charge is 2.67. The number of benzene rings is 2. The summed E-state index contributed by atoms with van der Waals surface area (Å²) < 4.78 is 0. The first-order chi connectivity index (χ1) is 15.8. The van der Waals surface area contributed by atoms with E-state index in [1.165, 1.54) is 0 Å². The molecule has 4 saturated heterocycles. The van der Waals surface area contributed by atoms with Crippen molar-refractivity contribution in [3.8, 4) is 0 Å². The summed E-state index contributed by atoms with van der Waals surface area (Å²) in [5, 5.41) is 62.7. The second kappa shape index (κ2) is 8.41. The van der Waals surface area contributed by atoms with Crippen LogP contribution >= 0.6 is 0 Å². The van der Waals surface area contributed by atoms with Crippen LogP contribution in [0.1, 0.15) is 11.1 Å². The van der Waals surface area contributed by atoms with Crippen LogP contribution in [0, 0.1) is 0 Å². The third-order valence-electron chi connectivity index (χ3n) is 8.02. The molecule has 0 unspecified atom stereocenters. The fourth-order valence-electron chi connectivity index (χ4n) is 6.51. The lowest BCUT2D eigenvalue weighted by Gasteiger charge is -2.70. The summed E-state index contributed by atoms with van der Waals surface area (Å²) in [6.07, 6.45) is -7.49. The molecule has 4 aliphatic heterocycles. The Balaban J connectivity index is 1.55. The van der Waals surface area contributed by atoms with Crippen molar-refractivity contribution in [2.75, 3.05) is 32.8 Å². The molecule has 0 saturated carbocycles. The molecule has 8 heteroatoms. The van der Waals surface area contributed by atoms with Gasteiger partial charge in [-0.1, -0.05) is 60.7 Å². The minimum Gasteiger partial charge on any atom is -0.394 e. The van der Waals surface area contributed by atoms with Crippen molar-refractivity contribution in [2.45, 2.75) is 47.5 Å². The van der Waals surface area contributed by atoms with Gasteiger partial charge in [-0.05, 0) is 11.1 Å². The van der Waals surface area contributed by atoms with Crippen molar-refractivity contribution in [2.24, 2.45) is 0 Å². The van der Waals surface area contributed by atoms with E-state index in [2.05, 4.69) is 9.80 Å². The molecule has 4 heterocycles. The molecule has 4 fully saturated rings. The standard InChI is InChI=1S/C25H32N2O6/c28-11-18(29)19(30)20(31)21(32)22-26-12-24(16-7-3-1-4-8-16)13-27(22)15-25(14-26,23(24)33)17-9-5-2-6-10-17/h1-10,18-23,28-33H,11-15H2/t18-,19+,20+,21+,22?,23?,24?,25?/m1/s1. The van der Waals surface area contributed by atoms with Crippen molar-refractivity contribution in [3.05, 3.63) is 71.8 Å². The predicted molar refractivity (Wildman–Crippen MR) is 120 cm³/mol. The van der Waals surface area contributed by atoms with Crippen LogP contribution in [0.4, 0.5) is 0 Å². The van der Waals surface area contributed by atoms with Crippen LogP contribution in [-0.2, 0) is 10.8 Å². The van der Waals surface area contributed by atoms with Gasteiger partial charge in [0, 0.05) is 37.0 Å². The largest absolute Gasteiger partial charge is 0.394 e. The minimum atomic E-state index is -1.68. The van der Waals surface area contributed by atoms with E-state index < -0.39 is 54.1 Å². The van der Waals surface area contributed by atoms with Gasteiger partial charge >= 0.3 is 0 Å². The molecule has 33 heavy (non-hydrogen) atoms. The molecule has 8 nitrogen and oxygen atoms in total. The van der Waals surface area contributed by atoms with Crippen LogP contribution < -0.4 is 0 Å². The van der Waals surface area contributed by atoms with Gasteiger partial charge in [0.1, 0.15) is 24.4 Å². The summed E-state index contributed by atoms with van der Waals surface area (Å²) in [4.78, 5) is 4.15. The van der Waals surface area contributed by atoms with E-state index >= 15 is 0 Å². The molecule has 0 amide bonds. The van der Waals surface area contributed by atoms with Gasteiger partial charge < -0.3 is 30.6 Å². The molecule has 4 bridgehead atoms. The first kappa shape index (κ1) is 22.9. The molecule has 2 aromatic rings. The Labute approximate surface area is 193 Å². The topological polar surface area (TPSA) is 128 Å². The SMILES string of the molecule is OC[C@@H](O)[C@H](O)[C@H](O)[C@H](O)C1N2CC3(c4ccccc4)CN1CC(c1ccccc1)(C2)C3O. The zero-order valence-corrected chi connectivity index (χ0v) is 18.4. The van der Waals surface area contributed by atoms with E-state index in [9.17, 15) is 25.5 Å². The Morgan fingerprint density at radius 2 is 1.15 bits per heavy atom. The highest BCUT2D eigenvalue weighted by molar-refractivity contribution is 5.42. The maximum absolute atomic E-state index is 11.9. The summed E-state index contributed by atoms with van der Waals surface area (Å²) in [7, 11) is 0. The van der Waals surface area contributed by atoms with Crippen molar-refractivity contribution in [1.29, 1.82) is 0 Å². The van der Waals surface area contributed by atoms with E-state index in [0.29, 0.717) is 26.2 Å². The van der Waals surface area contributed by atoms with Gasteiger partial charge in [0.2, 0.25) is 0 Å². The summed E-state index contributed by atoms with van der Waals surface area (Å²) in [6.45, 7) is 1.21. The van der Waals surface area contributed by atoms with Gasteiger partial charge in [-0.3, -0.25) is 9.80 Å². The van der Waals surface area contributed by atoms with E-state index in [0.717, 1.165) is 11.1 Å².